The van der Waals surface area contributed by atoms with Gasteiger partial charge in [-0.3, -0.25) is 4.98 Å². The Kier molecular flexibility index (Phi) is 4.46. The SMILES string of the molecule is c1ccc(-c2ccc3c(c2)c2ccccc2n3-c2ccc(-c3cnc4ccccc4n3)cc2)cc1. The topological polar surface area (TPSA) is 30.7 Å². The largest absolute Gasteiger partial charge is 0.309 e. The molecule has 0 aliphatic heterocycles. The normalized spacial score (nSPS) is 11.4. The lowest BCUT2D eigenvalue weighted by molar-refractivity contribution is 1.18. The van der Waals surface area contributed by atoms with Gasteiger partial charge in [-0.05, 0) is 53.6 Å². The summed E-state index contributed by atoms with van der Waals surface area (Å²) >= 11 is 0. The van der Waals surface area contributed by atoms with Gasteiger partial charge in [-0.1, -0.05) is 78.9 Å². The van der Waals surface area contributed by atoms with Crippen molar-refractivity contribution >= 4 is 32.8 Å². The van der Waals surface area contributed by atoms with Crippen molar-refractivity contribution in [3.05, 3.63) is 128 Å². The van der Waals surface area contributed by atoms with Gasteiger partial charge >= 0.3 is 0 Å². The van der Waals surface area contributed by atoms with E-state index in [1.165, 1.54) is 32.9 Å². The number of benzene rings is 5. The molecule has 7 aromatic rings. The fraction of sp³-hybridized carbons (Fsp3) is 0. The first kappa shape index (κ1) is 19.7. The number of aromatic nitrogens is 3. The molecule has 0 saturated heterocycles. The van der Waals surface area contributed by atoms with E-state index in [2.05, 4.69) is 107 Å². The molecular weight excluding hydrogens is 426 g/mol. The minimum absolute atomic E-state index is 0.880. The summed E-state index contributed by atoms with van der Waals surface area (Å²) in [4.78, 5) is 9.38. The zero-order chi connectivity index (χ0) is 23.2. The van der Waals surface area contributed by atoms with Crippen LogP contribution in [0.3, 0.4) is 0 Å². The average Bonchev–Trinajstić information content (AvgIpc) is 3.27. The van der Waals surface area contributed by atoms with E-state index in [-0.39, 0.29) is 0 Å². The fourth-order valence-corrected chi connectivity index (χ4v) is 4.94. The maximum Gasteiger partial charge on any atom is 0.0894 e. The molecule has 0 atom stereocenters. The van der Waals surface area contributed by atoms with E-state index in [9.17, 15) is 0 Å². The van der Waals surface area contributed by atoms with E-state index in [1.54, 1.807) is 0 Å². The van der Waals surface area contributed by atoms with Crippen LogP contribution in [-0.2, 0) is 0 Å². The number of para-hydroxylation sites is 3. The minimum atomic E-state index is 0.880. The summed E-state index contributed by atoms with van der Waals surface area (Å²) in [6, 6.07) is 42.5. The van der Waals surface area contributed by atoms with Crippen molar-refractivity contribution in [3.8, 4) is 28.1 Å². The van der Waals surface area contributed by atoms with E-state index < -0.39 is 0 Å². The van der Waals surface area contributed by atoms with Crippen LogP contribution < -0.4 is 0 Å². The van der Waals surface area contributed by atoms with Crippen LogP contribution in [0.25, 0.3) is 60.9 Å². The van der Waals surface area contributed by atoms with Gasteiger partial charge < -0.3 is 4.57 Å². The molecule has 3 nitrogen and oxygen atoms in total. The molecule has 35 heavy (non-hydrogen) atoms. The first-order valence-electron chi connectivity index (χ1n) is 11.8. The van der Waals surface area contributed by atoms with Crippen LogP contribution in [0.4, 0.5) is 0 Å². The molecule has 0 fully saturated rings. The maximum absolute atomic E-state index is 4.81. The van der Waals surface area contributed by atoms with E-state index >= 15 is 0 Å². The number of hydrogen-bond donors (Lipinski definition) is 0. The molecule has 3 heteroatoms. The van der Waals surface area contributed by atoms with E-state index in [1.807, 2.05) is 30.5 Å². The molecule has 0 saturated carbocycles. The van der Waals surface area contributed by atoms with Crippen LogP contribution in [0, 0.1) is 0 Å². The van der Waals surface area contributed by atoms with Gasteiger partial charge in [0.2, 0.25) is 0 Å². The molecular formula is C32H21N3. The van der Waals surface area contributed by atoms with Gasteiger partial charge in [0.1, 0.15) is 0 Å². The second-order valence-corrected chi connectivity index (χ2v) is 8.74. The van der Waals surface area contributed by atoms with Crippen molar-refractivity contribution in [2.45, 2.75) is 0 Å². The van der Waals surface area contributed by atoms with Crippen LogP contribution in [0.2, 0.25) is 0 Å². The number of fused-ring (bicyclic) bond motifs is 4. The van der Waals surface area contributed by atoms with Gasteiger partial charge in [-0.15, -0.1) is 0 Å². The molecule has 0 N–H and O–H groups in total. The third-order valence-corrected chi connectivity index (χ3v) is 6.65. The summed E-state index contributed by atoms with van der Waals surface area (Å²) in [6.07, 6.45) is 1.85. The van der Waals surface area contributed by atoms with Crippen LogP contribution in [0.1, 0.15) is 0 Å². The van der Waals surface area contributed by atoms with E-state index in [0.717, 1.165) is 28.0 Å². The highest BCUT2D eigenvalue weighted by Gasteiger charge is 2.13. The first-order valence-corrected chi connectivity index (χ1v) is 11.8. The zero-order valence-electron chi connectivity index (χ0n) is 19.0. The third kappa shape index (κ3) is 3.29. The summed E-state index contributed by atoms with van der Waals surface area (Å²) in [5.41, 5.74) is 9.73. The molecule has 0 aliphatic carbocycles. The van der Waals surface area contributed by atoms with Crippen molar-refractivity contribution < 1.29 is 0 Å². The second kappa shape index (κ2) is 7.93. The predicted molar refractivity (Wildman–Crippen MR) is 145 cm³/mol. The third-order valence-electron chi connectivity index (χ3n) is 6.65. The van der Waals surface area contributed by atoms with Gasteiger partial charge in [-0.2, -0.15) is 0 Å². The Labute approximate surface area is 203 Å². The van der Waals surface area contributed by atoms with Gasteiger partial charge in [0.25, 0.3) is 0 Å². The summed E-state index contributed by atoms with van der Waals surface area (Å²) < 4.78 is 2.34. The number of rotatable bonds is 3. The Morgan fingerprint density at radius 3 is 2.03 bits per heavy atom. The van der Waals surface area contributed by atoms with Gasteiger partial charge in [-0.25, -0.2) is 4.98 Å². The molecule has 164 valence electrons. The lowest BCUT2D eigenvalue weighted by Crippen LogP contribution is -1.94. The summed E-state index contributed by atoms with van der Waals surface area (Å²) in [7, 11) is 0. The second-order valence-electron chi connectivity index (χ2n) is 8.74. The highest BCUT2D eigenvalue weighted by Crippen LogP contribution is 2.35. The highest BCUT2D eigenvalue weighted by atomic mass is 15.0. The molecule has 0 spiro atoms. The summed E-state index contributed by atoms with van der Waals surface area (Å²) in [5, 5.41) is 2.51. The van der Waals surface area contributed by atoms with Gasteiger partial charge in [0.15, 0.2) is 0 Å². The molecule has 0 unspecified atom stereocenters. The molecule has 2 aromatic heterocycles. The van der Waals surface area contributed by atoms with Crippen molar-refractivity contribution in [2.24, 2.45) is 0 Å². The van der Waals surface area contributed by atoms with E-state index in [0.29, 0.717) is 0 Å². The highest BCUT2D eigenvalue weighted by molar-refractivity contribution is 6.10. The van der Waals surface area contributed by atoms with E-state index in [4.69, 9.17) is 4.98 Å². The maximum atomic E-state index is 4.81. The predicted octanol–water partition coefficient (Wildman–Crippen LogP) is 8.06. The smallest absolute Gasteiger partial charge is 0.0894 e. The lowest BCUT2D eigenvalue weighted by atomic mass is 10.0. The Hall–Kier alpha value is -4.76. The first-order chi connectivity index (χ1) is 17.3. The van der Waals surface area contributed by atoms with Crippen LogP contribution in [-0.4, -0.2) is 14.5 Å². The number of hydrogen-bond acceptors (Lipinski definition) is 2. The molecule has 7 rings (SSSR count). The number of nitrogens with zero attached hydrogens (tertiary/aromatic N) is 3. The Morgan fingerprint density at radius 1 is 0.486 bits per heavy atom. The molecule has 2 heterocycles. The lowest BCUT2D eigenvalue weighted by Gasteiger charge is -2.10. The van der Waals surface area contributed by atoms with Crippen LogP contribution in [0.5, 0.6) is 0 Å². The Balaban J connectivity index is 1.36. The van der Waals surface area contributed by atoms with Crippen molar-refractivity contribution in [3.63, 3.8) is 0 Å². The monoisotopic (exact) mass is 447 g/mol. The van der Waals surface area contributed by atoms with Crippen molar-refractivity contribution in [1.82, 2.24) is 14.5 Å². The molecule has 0 radical (unpaired) electrons. The quantitative estimate of drug-likeness (QED) is 0.274. The molecule has 0 bridgehead atoms. The van der Waals surface area contributed by atoms with Crippen molar-refractivity contribution in [1.29, 1.82) is 0 Å². The van der Waals surface area contributed by atoms with Gasteiger partial charge in [0, 0.05) is 22.0 Å². The Bertz CT molecular complexity index is 1830. The minimum Gasteiger partial charge on any atom is -0.309 e. The summed E-state index contributed by atoms with van der Waals surface area (Å²) in [5.74, 6) is 0. The standard InChI is InChI=1S/C32H21N3/c1-2-8-22(9-3-1)24-16-19-32-27(20-24)26-10-4-7-13-31(26)35(32)25-17-14-23(15-18-25)30-21-33-28-11-5-6-12-29(28)34-30/h1-21H. The zero-order valence-corrected chi connectivity index (χ0v) is 19.0. The molecule has 0 amide bonds. The Morgan fingerprint density at radius 2 is 1.17 bits per heavy atom. The molecule has 0 aliphatic rings. The van der Waals surface area contributed by atoms with Gasteiger partial charge in [0.05, 0.1) is 34.0 Å². The molecule has 5 aromatic carbocycles. The van der Waals surface area contributed by atoms with Crippen molar-refractivity contribution in [2.75, 3.05) is 0 Å². The average molecular weight is 448 g/mol. The summed E-state index contributed by atoms with van der Waals surface area (Å²) in [6.45, 7) is 0. The fourth-order valence-electron chi connectivity index (χ4n) is 4.94. The van der Waals surface area contributed by atoms with Crippen LogP contribution >= 0.6 is 0 Å². The van der Waals surface area contributed by atoms with Crippen LogP contribution in [0.15, 0.2) is 128 Å².